The third-order valence-corrected chi connectivity index (χ3v) is 4.13. The maximum atomic E-state index is 12.5. The van der Waals surface area contributed by atoms with Gasteiger partial charge in [0.15, 0.2) is 0 Å². The van der Waals surface area contributed by atoms with Gasteiger partial charge in [0.1, 0.15) is 0 Å². The van der Waals surface area contributed by atoms with Gasteiger partial charge < -0.3 is 20.5 Å². The lowest BCUT2D eigenvalue weighted by Crippen LogP contribution is -2.50. The van der Waals surface area contributed by atoms with E-state index >= 15 is 0 Å². The molecule has 17 heavy (non-hydrogen) atoms. The van der Waals surface area contributed by atoms with Gasteiger partial charge in [-0.05, 0) is 19.3 Å². The summed E-state index contributed by atoms with van der Waals surface area (Å²) in [5.74, 6) is 0.410. The molecule has 0 spiro atoms. The SMILES string of the molecule is NCC1(C(=O)N2CCC(CO)C2)CCOCC1. The highest BCUT2D eigenvalue weighted by Gasteiger charge is 2.42. The molecular formula is C12H22N2O3. The van der Waals surface area contributed by atoms with Gasteiger partial charge in [-0.1, -0.05) is 0 Å². The van der Waals surface area contributed by atoms with Gasteiger partial charge >= 0.3 is 0 Å². The van der Waals surface area contributed by atoms with Crippen molar-refractivity contribution in [1.82, 2.24) is 4.90 Å². The second-order valence-corrected chi connectivity index (χ2v) is 5.19. The smallest absolute Gasteiger partial charge is 0.230 e. The van der Waals surface area contributed by atoms with Crippen LogP contribution in [0.1, 0.15) is 19.3 Å². The number of carbonyl (C=O) groups is 1. The predicted octanol–water partition coefficient (Wildman–Crippen LogP) is -0.417. The molecule has 1 amide bonds. The summed E-state index contributed by atoms with van der Waals surface area (Å²) in [6, 6.07) is 0. The van der Waals surface area contributed by atoms with Crippen molar-refractivity contribution in [1.29, 1.82) is 0 Å². The average Bonchev–Trinajstić information content (AvgIpc) is 2.87. The lowest BCUT2D eigenvalue weighted by Gasteiger charge is -2.37. The summed E-state index contributed by atoms with van der Waals surface area (Å²) in [7, 11) is 0. The Morgan fingerprint density at radius 1 is 1.47 bits per heavy atom. The van der Waals surface area contributed by atoms with Gasteiger partial charge in [-0.25, -0.2) is 0 Å². The summed E-state index contributed by atoms with van der Waals surface area (Å²) in [5.41, 5.74) is 5.41. The Labute approximate surface area is 102 Å². The third-order valence-electron chi connectivity index (χ3n) is 4.13. The molecule has 2 rings (SSSR count). The van der Waals surface area contributed by atoms with E-state index in [1.54, 1.807) is 0 Å². The number of rotatable bonds is 3. The van der Waals surface area contributed by atoms with Gasteiger partial charge in [0, 0.05) is 45.4 Å². The number of likely N-dealkylation sites (tertiary alicyclic amines) is 1. The molecule has 0 bridgehead atoms. The zero-order valence-corrected chi connectivity index (χ0v) is 10.2. The van der Waals surface area contributed by atoms with Crippen LogP contribution in [0.2, 0.25) is 0 Å². The van der Waals surface area contributed by atoms with Gasteiger partial charge in [-0.15, -0.1) is 0 Å². The third kappa shape index (κ3) is 2.46. The van der Waals surface area contributed by atoms with E-state index in [0.29, 0.717) is 26.3 Å². The van der Waals surface area contributed by atoms with Crippen LogP contribution in [0.4, 0.5) is 0 Å². The van der Waals surface area contributed by atoms with E-state index in [9.17, 15) is 4.79 Å². The monoisotopic (exact) mass is 242 g/mol. The van der Waals surface area contributed by atoms with Crippen LogP contribution in [0.25, 0.3) is 0 Å². The highest BCUT2D eigenvalue weighted by atomic mass is 16.5. The number of amides is 1. The Morgan fingerprint density at radius 2 is 2.18 bits per heavy atom. The lowest BCUT2D eigenvalue weighted by atomic mass is 9.79. The zero-order chi connectivity index (χ0) is 12.3. The average molecular weight is 242 g/mol. The van der Waals surface area contributed by atoms with Gasteiger partial charge in [-0.3, -0.25) is 4.79 Å². The first-order valence-corrected chi connectivity index (χ1v) is 6.40. The first-order chi connectivity index (χ1) is 8.22. The Kier molecular flexibility index (Phi) is 4.01. The van der Waals surface area contributed by atoms with E-state index in [2.05, 4.69) is 0 Å². The van der Waals surface area contributed by atoms with Crippen LogP contribution in [-0.4, -0.2) is 55.4 Å². The molecule has 1 atom stereocenters. The number of aliphatic hydroxyl groups is 1. The largest absolute Gasteiger partial charge is 0.396 e. The first-order valence-electron chi connectivity index (χ1n) is 6.40. The number of aliphatic hydroxyl groups excluding tert-OH is 1. The van der Waals surface area contributed by atoms with Crippen molar-refractivity contribution in [2.24, 2.45) is 17.1 Å². The number of hydrogen-bond donors (Lipinski definition) is 2. The highest BCUT2D eigenvalue weighted by Crippen LogP contribution is 2.33. The van der Waals surface area contributed by atoms with Gasteiger partial charge in [0.05, 0.1) is 5.41 Å². The lowest BCUT2D eigenvalue weighted by molar-refractivity contribution is -0.146. The molecule has 0 aromatic rings. The topological polar surface area (TPSA) is 75.8 Å². The molecule has 98 valence electrons. The van der Waals surface area contributed by atoms with Gasteiger partial charge in [0.25, 0.3) is 0 Å². The number of hydrogen-bond acceptors (Lipinski definition) is 4. The molecule has 2 saturated heterocycles. The van der Waals surface area contributed by atoms with Crippen LogP contribution >= 0.6 is 0 Å². The van der Waals surface area contributed by atoms with E-state index < -0.39 is 5.41 Å². The highest BCUT2D eigenvalue weighted by molar-refractivity contribution is 5.83. The predicted molar refractivity (Wildman–Crippen MR) is 63.3 cm³/mol. The number of nitrogens with two attached hydrogens (primary N) is 1. The minimum Gasteiger partial charge on any atom is -0.396 e. The van der Waals surface area contributed by atoms with Crippen LogP contribution in [0.5, 0.6) is 0 Å². The zero-order valence-electron chi connectivity index (χ0n) is 10.2. The van der Waals surface area contributed by atoms with Crippen molar-refractivity contribution in [3.8, 4) is 0 Å². The number of ether oxygens (including phenoxy) is 1. The van der Waals surface area contributed by atoms with Crippen LogP contribution in [-0.2, 0) is 9.53 Å². The molecule has 5 heteroatoms. The molecule has 0 radical (unpaired) electrons. The van der Waals surface area contributed by atoms with E-state index in [0.717, 1.165) is 25.8 Å². The molecule has 2 aliphatic heterocycles. The Morgan fingerprint density at radius 3 is 2.71 bits per heavy atom. The van der Waals surface area contributed by atoms with Crippen molar-refractivity contribution in [2.45, 2.75) is 19.3 Å². The molecule has 5 nitrogen and oxygen atoms in total. The normalized spacial score (nSPS) is 28.4. The maximum Gasteiger partial charge on any atom is 0.230 e. The maximum absolute atomic E-state index is 12.5. The summed E-state index contributed by atoms with van der Waals surface area (Å²) < 4.78 is 5.32. The molecule has 0 aromatic heterocycles. The molecule has 0 saturated carbocycles. The summed E-state index contributed by atoms with van der Waals surface area (Å²) in [4.78, 5) is 14.4. The fourth-order valence-electron chi connectivity index (χ4n) is 2.77. The van der Waals surface area contributed by atoms with E-state index in [1.807, 2.05) is 4.90 Å². The molecule has 0 aromatic carbocycles. The summed E-state index contributed by atoms with van der Waals surface area (Å²) in [5, 5.41) is 9.11. The Balaban J connectivity index is 2.02. The second kappa shape index (κ2) is 5.33. The minimum absolute atomic E-state index is 0.166. The van der Waals surface area contributed by atoms with Crippen molar-refractivity contribution in [3.63, 3.8) is 0 Å². The molecule has 2 fully saturated rings. The number of nitrogens with zero attached hydrogens (tertiary/aromatic N) is 1. The summed E-state index contributed by atoms with van der Waals surface area (Å²) in [6.07, 6.45) is 2.35. The molecule has 2 heterocycles. The molecule has 3 N–H and O–H groups in total. The van der Waals surface area contributed by atoms with Crippen molar-refractivity contribution < 1.29 is 14.6 Å². The summed E-state index contributed by atoms with van der Waals surface area (Å²) >= 11 is 0. The standard InChI is InChI=1S/C12H22N2O3/c13-9-12(2-5-17-6-3-12)11(16)14-4-1-10(7-14)8-15/h10,15H,1-9,13H2. The van der Waals surface area contributed by atoms with E-state index in [1.165, 1.54) is 0 Å². The molecule has 2 aliphatic rings. The molecular weight excluding hydrogens is 220 g/mol. The fraction of sp³-hybridized carbons (Fsp3) is 0.917. The Hall–Kier alpha value is -0.650. The number of carbonyl (C=O) groups excluding carboxylic acids is 1. The summed E-state index contributed by atoms with van der Waals surface area (Å²) in [6.45, 7) is 3.25. The van der Waals surface area contributed by atoms with Crippen molar-refractivity contribution in [3.05, 3.63) is 0 Å². The van der Waals surface area contributed by atoms with E-state index in [4.69, 9.17) is 15.6 Å². The Bertz CT molecular complexity index is 277. The van der Waals surface area contributed by atoms with Crippen LogP contribution < -0.4 is 5.73 Å². The first kappa shape index (κ1) is 12.8. The second-order valence-electron chi connectivity index (χ2n) is 5.19. The van der Waals surface area contributed by atoms with Crippen LogP contribution in [0.3, 0.4) is 0 Å². The van der Waals surface area contributed by atoms with Gasteiger partial charge in [-0.2, -0.15) is 0 Å². The van der Waals surface area contributed by atoms with Crippen LogP contribution in [0, 0.1) is 11.3 Å². The molecule has 1 unspecified atom stereocenters. The van der Waals surface area contributed by atoms with Crippen LogP contribution in [0.15, 0.2) is 0 Å². The van der Waals surface area contributed by atoms with Crippen molar-refractivity contribution in [2.75, 3.05) is 39.5 Å². The minimum atomic E-state index is -0.414. The molecule has 0 aliphatic carbocycles. The fourth-order valence-corrected chi connectivity index (χ4v) is 2.77. The quantitative estimate of drug-likeness (QED) is 0.705. The van der Waals surface area contributed by atoms with Gasteiger partial charge in [0.2, 0.25) is 5.91 Å². The van der Waals surface area contributed by atoms with E-state index in [-0.39, 0.29) is 18.4 Å². The van der Waals surface area contributed by atoms with Crippen molar-refractivity contribution >= 4 is 5.91 Å².